The summed E-state index contributed by atoms with van der Waals surface area (Å²) in [4.78, 5) is 12.4. The van der Waals surface area contributed by atoms with Crippen molar-refractivity contribution in [1.82, 2.24) is 5.32 Å². The van der Waals surface area contributed by atoms with E-state index in [0.717, 1.165) is 12.5 Å². The van der Waals surface area contributed by atoms with Crippen molar-refractivity contribution in [2.24, 2.45) is 35.3 Å². The van der Waals surface area contributed by atoms with E-state index < -0.39 is 0 Å². The zero-order chi connectivity index (χ0) is 13.4. The van der Waals surface area contributed by atoms with Crippen molar-refractivity contribution in [1.29, 1.82) is 0 Å². The highest BCUT2D eigenvalue weighted by Crippen LogP contribution is 2.47. The summed E-state index contributed by atoms with van der Waals surface area (Å²) in [7, 11) is 0. The molecule has 2 bridgehead atoms. The molecule has 3 fully saturated rings. The Labute approximate surface area is 128 Å². The maximum absolute atomic E-state index is 12.4. The van der Waals surface area contributed by atoms with E-state index in [4.69, 9.17) is 5.73 Å². The fraction of sp³-hybridized carbons (Fsp3) is 0.938. The lowest BCUT2D eigenvalue weighted by molar-refractivity contribution is -0.127. The van der Waals surface area contributed by atoms with Gasteiger partial charge in [0.1, 0.15) is 0 Å². The molecule has 1 amide bonds. The fourth-order valence-electron chi connectivity index (χ4n) is 4.83. The van der Waals surface area contributed by atoms with Gasteiger partial charge in [0.05, 0.1) is 5.92 Å². The van der Waals surface area contributed by atoms with Crippen molar-refractivity contribution in [3.8, 4) is 0 Å². The van der Waals surface area contributed by atoms with Gasteiger partial charge in [-0.05, 0) is 55.8 Å². The minimum Gasteiger partial charge on any atom is -0.356 e. The lowest BCUT2D eigenvalue weighted by atomic mass is 9.81. The van der Waals surface area contributed by atoms with Crippen molar-refractivity contribution in [3.05, 3.63) is 0 Å². The van der Waals surface area contributed by atoms with E-state index in [-0.39, 0.29) is 30.3 Å². The third-order valence-electron chi connectivity index (χ3n) is 5.89. The van der Waals surface area contributed by atoms with Crippen LogP contribution in [-0.2, 0) is 4.79 Å². The van der Waals surface area contributed by atoms with Gasteiger partial charge in [0.25, 0.3) is 0 Å². The van der Waals surface area contributed by atoms with Crippen LogP contribution in [0.1, 0.15) is 51.9 Å². The topological polar surface area (TPSA) is 55.1 Å². The maximum Gasteiger partial charge on any atom is 0.224 e. The van der Waals surface area contributed by atoms with Crippen LogP contribution in [0.5, 0.6) is 0 Å². The Morgan fingerprint density at radius 3 is 2.55 bits per heavy atom. The second kappa shape index (κ2) is 6.65. The van der Waals surface area contributed by atoms with Crippen molar-refractivity contribution in [3.63, 3.8) is 0 Å². The normalized spacial score (nSPS) is 43.1. The van der Waals surface area contributed by atoms with Crippen LogP contribution in [-0.4, -0.2) is 18.5 Å². The first-order valence-electron chi connectivity index (χ1n) is 8.18. The summed E-state index contributed by atoms with van der Waals surface area (Å²) in [6, 6.07) is 0.129. The molecule has 3 saturated carbocycles. The number of carbonyl (C=O) groups is 1. The molecule has 0 spiro atoms. The molecular weight excluding hydrogens is 272 g/mol. The average Bonchev–Trinajstić information content (AvgIpc) is 2.97. The van der Waals surface area contributed by atoms with E-state index in [0.29, 0.717) is 17.8 Å². The highest BCUT2D eigenvalue weighted by atomic mass is 35.5. The number of hydrogen-bond donors (Lipinski definition) is 2. The molecule has 0 radical (unpaired) electrons. The summed E-state index contributed by atoms with van der Waals surface area (Å²) in [5.74, 6) is 3.08. The summed E-state index contributed by atoms with van der Waals surface area (Å²) in [5.41, 5.74) is 6.24. The molecule has 6 unspecified atom stereocenters. The smallest absolute Gasteiger partial charge is 0.224 e. The first-order chi connectivity index (χ1) is 9.15. The molecule has 3 N–H and O–H groups in total. The van der Waals surface area contributed by atoms with Gasteiger partial charge in [-0.25, -0.2) is 0 Å². The van der Waals surface area contributed by atoms with Crippen LogP contribution in [0.25, 0.3) is 0 Å². The largest absolute Gasteiger partial charge is 0.356 e. The SMILES string of the molecule is CC1CCCC(CNC(=O)C2C3CCC(C3)C2N)C1.Cl. The number of fused-ring (bicyclic) bond motifs is 2. The van der Waals surface area contributed by atoms with E-state index >= 15 is 0 Å². The zero-order valence-electron chi connectivity index (χ0n) is 12.5. The number of amides is 1. The highest BCUT2D eigenvalue weighted by molar-refractivity contribution is 5.85. The van der Waals surface area contributed by atoms with Crippen LogP contribution in [0.4, 0.5) is 0 Å². The molecular formula is C16H29ClN2O. The van der Waals surface area contributed by atoms with Crippen molar-refractivity contribution in [2.75, 3.05) is 6.54 Å². The molecule has 0 saturated heterocycles. The second-order valence-electron chi connectivity index (χ2n) is 7.32. The van der Waals surface area contributed by atoms with Crippen molar-refractivity contribution >= 4 is 18.3 Å². The summed E-state index contributed by atoms with van der Waals surface area (Å²) in [5, 5.41) is 3.21. The second-order valence-corrected chi connectivity index (χ2v) is 7.32. The Balaban J connectivity index is 0.00000147. The van der Waals surface area contributed by atoms with Crippen LogP contribution in [0, 0.1) is 29.6 Å². The van der Waals surface area contributed by atoms with E-state index in [2.05, 4.69) is 12.2 Å². The Hall–Kier alpha value is -0.280. The average molecular weight is 301 g/mol. The lowest BCUT2D eigenvalue weighted by Gasteiger charge is -2.30. The van der Waals surface area contributed by atoms with Crippen LogP contribution in [0.2, 0.25) is 0 Å². The summed E-state index contributed by atoms with van der Waals surface area (Å²) in [6.07, 6.45) is 8.92. The number of carbonyl (C=O) groups excluding carboxylic acids is 1. The Bertz CT molecular complexity index is 347. The van der Waals surface area contributed by atoms with Crippen LogP contribution in [0.3, 0.4) is 0 Å². The number of hydrogen-bond acceptors (Lipinski definition) is 2. The number of rotatable bonds is 3. The molecule has 6 atom stereocenters. The molecule has 0 aromatic carbocycles. The Morgan fingerprint density at radius 2 is 1.90 bits per heavy atom. The van der Waals surface area contributed by atoms with Gasteiger partial charge < -0.3 is 11.1 Å². The Morgan fingerprint density at radius 1 is 1.15 bits per heavy atom. The van der Waals surface area contributed by atoms with E-state index in [1.54, 1.807) is 0 Å². The predicted molar refractivity (Wildman–Crippen MR) is 83.7 cm³/mol. The zero-order valence-corrected chi connectivity index (χ0v) is 13.3. The molecule has 3 aliphatic rings. The minimum atomic E-state index is 0. The molecule has 0 heterocycles. The van der Waals surface area contributed by atoms with Gasteiger partial charge in [-0.3, -0.25) is 4.79 Å². The number of halogens is 1. The minimum absolute atomic E-state index is 0. The molecule has 3 rings (SSSR count). The molecule has 20 heavy (non-hydrogen) atoms. The molecule has 3 nitrogen and oxygen atoms in total. The molecule has 0 aliphatic heterocycles. The summed E-state index contributed by atoms with van der Waals surface area (Å²) in [6.45, 7) is 3.21. The van der Waals surface area contributed by atoms with Crippen LogP contribution >= 0.6 is 12.4 Å². The first kappa shape index (κ1) is 16.1. The number of nitrogens with one attached hydrogen (secondary N) is 1. The predicted octanol–water partition coefficient (Wildman–Crippen LogP) is 2.72. The van der Waals surface area contributed by atoms with Gasteiger partial charge >= 0.3 is 0 Å². The lowest BCUT2D eigenvalue weighted by Crippen LogP contribution is -2.46. The standard InChI is InChI=1S/C16H28N2O.ClH/c1-10-3-2-4-11(7-10)9-18-16(19)14-12-5-6-13(8-12)15(14)17;/h10-15H,2-9,17H2,1H3,(H,18,19);1H. The summed E-state index contributed by atoms with van der Waals surface area (Å²) >= 11 is 0. The van der Waals surface area contributed by atoms with Gasteiger partial charge in [-0.15, -0.1) is 12.4 Å². The van der Waals surface area contributed by atoms with E-state index in [1.807, 2.05) is 0 Å². The van der Waals surface area contributed by atoms with Gasteiger partial charge in [0.2, 0.25) is 5.91 Å². The maximum atomic E-state index is 12.4. The molecule has 0 aromatic rings. The van der Waals surface area contributed by atoms with Gasteiger partial charge in [0.15, 0.2) is 0 Å². The number of nitrogens with two attached hydrogens (primary N) is 1. The molecule has 4 heteroatoms. The third-order valence-corrected chi connectivity index (χ3v) is 5.89. The van der Waals surface area contributed by atoms with Crippen molar-refractivity contribution in [2.45, 2.75) is 57.9 Å². The Kier molecular flexibility index (Phi) is 5.36. The molecule has 0 aromatic heterocycles. The fourth-order valence-corrected chi connectivity index (χ4v) is 4.83. The van der Waals surface area contributed by atoms with E-state index in [9.17, 15) is 4.79 Å². The first-order valence-corrected chi connectivity index (χ1v) is 8.18. The monoisotopic (exact) mass is 300 g/mol. The van der Waals surface area contributed by atoms with Gasteiger partial charge in [-0.2, -0.15) is 0 Å². The van der Waals surface area contributed by atoms with Crippen LogP contribution in [0.15, 0.2) is 0 Å². The van der Waals surface area contributed by atoms with Gasteiger partial charge in [0, 0.05) is 12.6 Å². The van der Waals surface area contributed by atoms with Gasteiger partial charge in [-0.1, -0.05) is 19.8 Å². The molecule has 3 aliphatic carbocycles. The highest BCUT2D eigenvalue weighted by Gasteiger charge is 2.48. The van der Waals surface area contributed by atoms with E-state index in [1.165, 1.54) is 44.9 Å². The van der Waals surface area contributed by atoms with Crippen molar-refractivity contribution < 1.29 is 4.79 Å². The third kappa shape index (κ3) is 3.14. The van der Waals surface area contributed by atoms with Crippen LogP contribution < -0.4 is 11.1 Å². The summed E-state index contributed by atoms with van der Waals surface area (Å²) < 4.78 is 0. The quantitative estimate of drug-likeness (QED) is 0.842. The molecule has 116 valence electrons.